The molecular formula is C9H12ClFN2. The van der Waals surface area contributed by atoms with Crippen LogP contribution in [0.5, 0.6) is 0 Å². The Bertz CT molecular complexity index is 287. The first-order valence-corrected chi connectivity index (χ1v) is 4.97. The maximum atomic E-state index is 13.1. The largest absolute Gasteiger partial charge is 0.268 e. The van der Waals surface area contributed by atoms with E-state index in [9.17, 15) is 4.39 Å². The van der Waals surface area contributed by atoms with Crippen molar-refractivity contribution >= 4 is 11.6 Å². The van der Waals surface area contributed by atoms with Gasteiger partial charge in [0, 0.05) is 12.6 Å². The Morgan fingerprint density at radius 1 is 1.54 bits per heavy atom. The Kier molecular flexibility index (Phi) is 2.54. The van der Waals surface area contributed by atoms with Gasteiger partial charge in [0.15, 0.2) is 0 Å². The Morgan fingerprint density at radius 2 is 2.38 bits per heavy atom. The summed E-state index contributed by atoms with van der Waals surface area (Å²) in [5, 5.41) is 4.72. The third-order valence-corrected chi connectivity index (χ3v) is 2.72. The molecule has 0 spiro atoms. The number of nitrogens with zero attached hydrogens (tertiary/aromatic N) is 2. The van der Waals surface area contributed by atoms with Crippen molar-refractivity contribution in [2.24, 2.45) is 0 Å². The third-order valence-electron chi connectivity index (χ3n) is 2.53. The van der Waals surface area contributed by atoms with Crippen molar-refractivity contribution in [3.8, 4) is 0 Å². The van der Waals surface area contributed by atoms with Gasteiger partial charge in [-0.05, 0) is 19.3 Å². The van der Waals surface area contributed by atoms with Crippen molar-refractivity contribution in [1.82, 2.24) is 9.78 Å². The minimum Gasteiger partial charge on any atom is -0.268 e. The molecule has 1 heterocycles. The molecule has 1 fully saturated rings. The van der Waals surface area contributed by atoms with Gasteiger partial charge in [-0.1, -0.05) is 11.6 Å². The molecule has 0 aliphatic heterocycles. The molecule has 2 atom stereocenters. The van der Waals surface area contributed by atoms with Gasteiger partial charge in [0.25, 0.3) is 0 Å². The average Bonchev–Trinajstić information content (AvgIpc) is 2.52. The molecule has 0 N–H and O–H groups in total. The molecule has 1 aromatic heterocycles. The summed E-state index contributed by atoms with van der Waals surface area (Å²) < 4.78 is 14.8. The molecule has 1 aliphatic carbocycles. The first-order valence-electron chi connectivity index (χ1n) is 4.59. The fourth-order valence-electron chi connectivity index (χ4n) is 1.86. The monoisotopic (exact) mass is 202 g/mol. The van der Waals surface area contributed by atoms with Crippen LogP contribution in [0.4, 0.5) is 4.39 Å². The van der Waals surface area contributed by atoms with E-state index < -0.39 is 6.17 Å². The fourth-order valence-corrected chi connectivity index (χ4v) is 2.00. The van der Waals surface area contributed by atoms with E-state index in [0.717, 1.165) is 12.8 Å². The summed E-state index contributed by atoms with van der Waals surface area (Å²) >= 11 is 5.74. The summed E-state index contributed by atoms with van der Waals surface area (Å²) in [6.45, 7) is 0. The summed E-state index contributed by atoms with van der Waals surface area (Å²) in [6, 6.07) is 0.205. The van der Waals surface area contributed by atoms with Crippen LogP contribution < -0.4 is 0 Å². The number of alkyl halides is 1. The minimum atomic E-state index is -0.665. The second kappa shape index (κ2) is 3.66. The van der Waals surface area contributed by atoms with Crippen molar-refractivity contribution < 1.29 is 4.39 Å². The van der Waals surface area contributed by atoms with Crippen LogP contribution in [0.3, 0.4) is 0 Å². The maximum absolute atomic E-state index is 13.1. The first kappa shape index (κ1) is 9.00. The highest BCUT2D eigenvalue weighted by atomic mass is 35.5. The second-order valence-electron chi connectivity index (χ2n) is 3.56. The van der Waals surface area contributed by atoms with E-state index in [4.69, 9.17) is 11.6 Å². The van der Waals surface area contributed by atoms with Crippen LogP contribution in [0.15, 0.2) is 12.4 Å². The first-order chi connectivity index (χ1) is 6.25. The summed E-state index contributed by atoms with van der Waals surface area (Å²) in [5.74, 6) is 0. The molecule has 0 bridgehead atoms. The van der Waals surface area contributed by atoms with Crippen molar-refractivity contribution in [3.63, 3.8) is 0 Å². The van der Waals surface area contributed by atoms with Gasteiger partial charge < -0.3 is 0 Å². The predicted molar refractivity (Wildman–Crippen MR) is 49.6 cm³/mol. The molecule has 0 saturated heterocycles. The predicted octanol–water partition coefficient (Wildman–Crippen LogP) is 2.99. The third kappa shape index (κ3) is 2.02. The van der Waals surface area contributed by atoms with Gasteiger partial charge in [0.1, 0.15) is 6.17 Å². The van der Waals surface area contributed by atoms with Crippen molar-refractivity contribution in [1.29, 1.82) is 0 Å². The van der Waals surface area contributed by atoms with Crippen LogP contribution >= 0.6 is 11.6 Å². The molecule has 0 radical (unpaired) electrons. The van der Waals surface area contributed by atoms with E-state index in [-0.39, 0.29) is 6.04 Å². The normalized spacial score (nSPS) is 29.1. The van der Waals surface area contributed by atoms with Gasteiger partial charge in [0.2, 0.25) is 0 Å². The Hall–Kier alpha value is -0.570. The summed E-state index contributed by atoms with van der Waals surface area (Å²) in [6.07, 6.45) is 5.94. The van der Waals surface area contributed by atoms with Crippen LogP contribution in [-0.2, 0) is 0 Å². The van der Waals surface area contributed by atoms with Crippen molar-refractivity contribution in [2.75, 3.05) is 0 Å². The zero-order chi connectivity index (χ0) is 9.26. The smallest absolute Gasteiger partial charge is 0.102 e. The standard InChI is InChI=1S/C9H12ClFN2/c10-7-5-12-13(6-7)9-3-1-2-8(11)4-9/h5-6,8-9H,1-4H2. The van der Waals surface area contributed by atoms with Crippen LogP contribution in [0.2, 0.25) is 5.02 Å². The molecule has 2 nitrogen and oxygen atoms in total. The topological polar surface area (TPSA) is 17.8 Å². The van der Waals surface area contributed by atoms with Gasteiger partial charge in [-0.2, -0.15) is 5.10 Å². The van der Waals surface area contributed by atoms with Crippen LogP contribution in [-0.4, -0.2) is 16.0 Å². The number of halogens is 2. The Labute approximate surface area is 81.7 Å². The van der Waals surface area contributed by atoms with Gasteiger partial charge in [-0.3, -0.25) is 4.68 Å². The van der Waals surface area contributed by atoms with Crippen molar-refractivity contribution in [2.45, 2.75) is 37.9 Å². The molecule has 72 valence electrons. The van der Waals surface area contributed by atoms with Gasteiger partial charge >= 0.3 is 0 Å². The molecule has 2 unspecified atom stereocenters. The van der Waals surface area contributed by atoms with Crippen LogP contribution in [0.1, 0.15) is 31.7 Å². The fraction of sp³-hybridized carbons (Fsp3) is 0.667. The van der Waals surface area contributed by atoms with E-state index >= 15 is 0 Å². The number of hydrogen-bond acceptors (Lipinski definition) is 1. The van der Waals surface area contributed by atoms with E-state index in [1.54, 1.807) is 17.1 Å². The molecule has 1 saturated carbocycles. The van der Waals surface area contributed by atoms with E-state index in [1.807, 2.05) is 0 Å². The number of rotatable bonds is 1. The average molecular weight is 203 g/mol. The molecule has 1 aromatic rings. The lowest BCUT2D eigenvalue weighted by Gasteiger charge is -2.24. The van der Waals surface area contributed by atoms with Gasteiger partial charge in [-0.25, -0.2) is 4.39 Å². The lowest BCUT2D eigenvalue weighted by Crippen LogP contribution is -2.20. The number of hydrogen-bond donors (Lipinski definition) is 0. The van der Waals surface area contributed by atoms with Gasteiger partial charge in [-0.15, -0.1) is 0 Å². The summed E-state index contributed by atoms with van der Waals surface area (Å²) in [7, 11) is 0. The zero-order valence-corrected chi connectivity index (χ0v) is 8.04. The number of aromatic nitrogens is 2. The molecule has 13 heavy (non-hydrogen) atoms. The van der Waals surface area contributed by atoms with Gasteiger partial charge in [0.05, 0.1) is 17.3 Å². The zero-order valence-electron chi connectivity index (χ0n) is 7.29. The molecule has 2 rings (SSSR count). The van der Waals surface area contributed by atoms with E-state index in [2.05, 4.69) is 5.10 Å². The maximum Gasteiger partial charge on any atom is 0.102 e. The molecule has 1 aliphatic rings. The quantitative estimate of drug-likeness (QED) is 0.685. The van der Waals surface area contributed by atoms with E-state index in [1.165, 1.54) is 0 Å². The van der Waals surface area contributed by atoms with E-state index in [0.29, 0.717) is 17.9 Å². The summed E-state index contributed by atoms with van der Waals surface area (Å²) in [4.78, 5) is 0. The second-order valence-corrected chi connectivity index (χ2v) is 3.99. The molecular weight excluding hydrogens is 191 g/mol. The van der Waals surface area contributed by atoms with Crippen LogP contribution in [0.25, 0.3) is 0 Å². The Balaban J connectivity index is 2.08. The highest BCUT2D eigenvalue weighted by Crippen LogP contribution is 2.30. The molecule has 4 heteroatoms. The molecule has 0 amide bonds. The van der Waals surface area contributed by atoms with Crippen molar-refractivity contribution in [3.05, 3.63) is 17.4 Å². The highest BCUT2D eigenvalue weighted by molar-refractivity contribution is 6.30. The lowest BCUT2D eigenvalue weighted by molar-refractivity contribution is 0.192. The Morgan fingerprint density at radius 3 is 3.00 bits per heavy atom. The van der Waals surface area contributed by atoms with Crippen LogP contribution in [0, 0.1) is 0 Å². The molecule has 0 aromatic carbocycles. The minimum absolute atomic E-state index is 0.205. The highest BCUT2D eigenvalue weighted by Gasteiger charge is 2.23. The lowest BCUT2D eigenvalue weighted by atomic mass is 9.94. The summed E-state index contributed by atoms with van der Waals surface area (Å²) in [5.41, 5.74) is 0. The SMILES string of the molecule is FC1CCCC(n2cc(Cl)cn2)C1.